The molecule has 3 rings (SSSR count). The van der Waals surface area contributed by atoms with Gasteiger partial charge in [0.25, 0.3) is 0 Å². The van der Waals surface area contributed by atoms with Crippen molar-refractivity contribution >= 4 is 21.1 Å². The highest BCUT2D eigenvalue weighted by molar-refractivity contribution is 7.89. The number of hydrogen-bond donors (Lipinski definition) is 2. The van der Waals surface area contributed by atoms with E-state index in [0.29, 0.717) is 11.5 Å². The number of hydrogen-bond acceptors (Lipinski definition) is 5. The summed E-state index contributed by atoms with van der Waals surface area (Å²) in [5, 5.41) is 3.73. The van der Waals surface area contributed by atoms with E-state index < -0.39 is 16.1 Å². The largest absolute Gasteiger partial charge is 0.360 e. The van der Waals surface area contributed by atoms with Crippen LogP contribution in [0.15, 0.2) is 27.6 Å². The third-order valence-electron chi connectivity index (χ3n) is 4.14. The van der Waals surface area contributed by atoms with Crippen LogP contribution in [0.4, 0.5) is 0 Å². The van der Waals surface area contributed by atoms with Crippen LogP contribution in [0, 0.1) is 26.7 Å². The van der Waals surface area contributed by atoms with Crippen LogP contribution in [0.3, 0.4) is 0 Å². The molecule has 0 amide bonds. The lowest BCUT2D eigenvalue weighted by Gasteiger charge is -2.20. The number of aryl methyl sites for hydroxylation is 3. The van der Waals surface area contributed by atoms with Gasteiger partial charge in [0.2, 0.25) is 10.0 Å². The second-order valence-electron chi connectivity index (χ2n) is 6.64. The van der Waals surface area contributed by atoms with Gasteiger partial charge < -0.3 is 9.51 Å². The minimum absolute atomic E-state index is 0.00286. The molecule has 0 saturated heterocycles. The van der Waals surface area contributed by atoms with E-state index in [1.165, 1.54) is 0 Å². The lowest BCUT2D eigenvalue weighted by Crippen LogP contribution is -2.33. The zero-order valence-electron chi connectivity index (χ0n) is 14.9. The fraction of sp³-hybridized carbons (Fsp3) is 0.412. The summed E-state index contributed by atoms with van der Waals surface area (Å²) in [6.45, 7) is 9.08. The van der Waals surface area contributed by atoms with Crippen molar-refractivity contribution in [2.75, 3.05) is 0 Å². The summed E-state index contributed by atoms with van der Waals surface area (Å²) in [5.74, 6) is 0.857. The summed E-state index contributed by atoms with van der Waals surface area (Å²) in [7, 11) is -3.78. The fourth-order valence-corrected chi connectivity index (χ4v) is 4.56. The molecule has 25 heavy (non-hydrogen) atoms. The minimum atomic E-state index is -3.78. The van der Waals surface area contributed by atoms with Gasteiger partial charge >= 0.3 is 0 Å². The smallest absolute Gasteiger partial charge is 0.246 e. The average molecular weight is 362 g/mol. The first-order chi connectivity index (χ1) is 11.7. The van der Waals surface area contributed by atoms with Crippen molar-refractivity contribution in [3.63, 3.8) is 0 Å². The molecule has 0 aliphatic heterocycles. The van der Waals surface area contributed by atoms with E-state index >= 15 is 0 Å². The molecule has 8 heteroatoms. The summed E-state index contributed by atoms with van der Waals surface area (Å²) >= 11 is 0. The van der Waals surface area contributed by atoms with Crippen LogP contribution in [-0.2, 0) is 10.0 Å². The Hall–Kier alpha value is -2.19. The molecule has 1 aromatic carbocycles. The van der Waals surface area contributed by atoms with Gasteiger partial charge in [-0.05, 0) is 44.4 Å². The molecule has 0 fully saturated rings. The van der Waals surface area contributed by atoms with Crippen molar-refractivity contribution in [2.24, 2.45) is 5.92 Å². The summed E-state index contributed by atoms with van der Waals surface area (Å²) in [4.78, 5) is 7.89. The Bertz CT molecular complexity index is 998. The number of imidazole rings is 1. The maximum absolute atomic E-state index is 12.8. The molecule has 0 saturated carbocycles. The highest BCUT2D eigenvalue weighted by Gasteiger charge is 2.30. The summed E-state index contributed by atoms with van der Waals surface area (Å²) in [6.07, 6.45) is 0. The predicted molar refractivity (Wildman–Crippen MR) is 94.7 cm³/mol. The van der Waals surface area contributed by atoms with Crippen molar-refractivity contribution in [1.29, 1.82) is 0 Å². The number of rotatable bonds is 5. The van der Waals surface area contributed by atoms with Crippen LogP contribution >= 0.6 is 0 Å². The highest BCUT2D eigenvalue weighted by atomic mass is 32.2. The molecule has 7 nitrogen and oxygen atoms in total. The van der Waals surface area contributed by atoms with E-state index in [4.69, 9.17) is 4.52 Å². The van der Waals surface area contributed by atoms with E-state index in [1.807, 2.05) is 39.0 Å². The van der Waals surface area contributed by atoms with Gasteiger partial charge in [-0.2, -0.15) is 0 Å². The molecule has 0 bridgehead atoms. The van der Waals surface area contributed by atoms with Crippen molar-refractivity contribution in [3.05, 3.63) is 41.0 Å². The zero-order chi connectivity index (χ0) is 18.4. The Labute approximate surface area is 146 Å². The molecule has 134 valence electrons. The lowest BCUT2D eigenvalue weighted by molar-refractivity contribution is 0.390. The van der Waals surface area contributed by atoms with E-state index in [0.717, 1.165) is 16.6 Å². The fourth-order valence-electron chi connectivity index (χ4n) is 2.88. The van der Waals surface area contributed by atoms with Gasteiger partial charge in [0.05, 0.1) is 17.1 Å². The average Bonchev–Trinajstić information content (AvgIpc) is 3.07. The second kappa shape index (κ2) is 6.27. The standard InChI is InChI=1S/C17H22N4O3S/c1-9(2)15(17-18-13-7-6-10(3)8-14(13)19-17)21-25(22,23)16-11(4)20-24-12(16)5/h6-9,15,21H,1-5H3,(H,18,19). The van der Waals surface area contributed by atoms with Gasteiger partial charge in [-0.15, -0.1) is 0 Å². The van der Waals surface area contributed by atoms with Crippen molar-refractivity contribution in [3.8, 4) is 0 Å². The van der Waals surface area contributed by atoms with E-state index in [1.54, 1.807) is 13.8 Å². The quantitative estimate of drug-likeness (QED) is 0.726. The van der Waals surface area contributed by atoms with Gasteiger partial charge in [-0.25, -0.2) is 18.1 Å². The molecular weight excluding hydrogens is 340 g/mol. The summed E-state index contributed by atoms with van der Waals surface area (Å²) < 4.78 is 33.4. The van der Waals surface area contributed by atoms with E-state index in [9.17, 15) is 8.42 Å². The first-order valence-electron chi connectivity index (χ1n) is 8.10. The van der Waals surface area contributed by atoms with Crippen LogP contribution in [-0.4, -0.2) is 23.5 Å². The van der Waals surface area contributed by atoms with Crippen LogP contribution in [0.5, 0.6) is 0 Å². The van der Waals surface area contributed by atoms with Gasteiger partial charge in [0, 0.05) is 0 Å². The first-order valence-corrected chi connectivity index (χ1v) is 9.59. The molecule has 0 aliphatic rings. The molecule has 2 N–H and O–H groups in total. The number of benzene rings is 1. The van der Waals surface area contributed by atoms with Crippen molar-refractivity contribution in [1.82, 2.24) is 19.8 Å². The monoisotopic (exact) mass is 362 g/mol. The number of aromatic nitrogens is 3. The van der Waals surface area contributed by atoms with Crippen LogP contribution in [0.2, 0.25) is 0 Å². The van der Waals surface area contributed by atoms with Crippen molar-refractivity contribution in [2.45, 2.75) is 45.6 Å². The maximum Gasteiger partial charge on any atom is 0.246 e. The first kappa shape index (κ1) is 17.6. The third-order valence-corrected chi connectivity index (χ3v) is 5.82. The van der Waals surface area contributed by atoms with Gasteiger partial charge in [-0.1, -0.05) is 25.1 Å². The summed E-state index contributed by atoms with van der Waals surface area (Å²) in [6, 6.07) is 5.40. The maximum atomic E-state index is 12.8. The second-order valence-corrected chi connectivity index (χ2v) is 8.29. The Morgan fingerprint density at radius 3 is 2.52 bits per heavy atom. The third kappa shape index (κ3) is 3.32. The number of sulfonamides is 1. The summed E-state index contributed by atoms with van der Waals surface area (Å²) in [5.41, 5.74) is 3.15. The highest BCUT2D eigenvalue weighted by Crippen LogP contribution is 2.27. The molecule has 3 aromatic rings. The number of nitrogens with zero attached hydrogens (tertiary/aromatic N) is 2. The van der Waals surface area contributed by atoms with Gasteiger partial charge in [0.15, 0.2) is 5.76 Å². The Balaban J connectivity index is 2.01. The Morgan fingerprint density at radius 1 is 1.20 bits per heavy atom. The topological polar surface area (TPSA) is 101 Å². The Kier molecular flexibility index (Phi) is 4.42. The normalized spacial score (nSPS) is 13.7. The van der Waals surface area contributed by atoms with Crippen LogP contribution < -0.4 is 4.72 Å². The van der Waals surface area contributed by atoms with E-state index in [2.05, 4.69) is 19.8 Å². The molecule has 2 aromatic heterocycles. The molecule has 2 heterocycles. The van der Waals surface area contributed by atoms with E-state index in [-0.39, 0.29) is 16.6 Å². The number of fused-ring (bicyclic) bond motifs is 1. The zero-order valence-corrected chi connectivity index (χ0v) is 15.7. The Morgan fingerprint density at radius 2 is 1.92 bits per heavy atom. The molecule has 0 aliphatic carbocycles. The minimum Gasteiger partial charge on any atom is -0.360 e. The van der Waals surface area contributed by atoms with Crippen molar-refractivity contribution < 1.29 is 12.9 Å². The molecule has 1 unspecified atom stereocenters. The predicted octanol–water partition coefficient (Wildman–Crippen LogP) is 3.15. The molecule has 0 spiro atoms. The lowest BCUT2D eigenvalue weighted by atomic mass is 10.1. The molecular formula is C17H22N4O3S. The molecule has 0 radical (unpaired) electrons. The van der Waals surface area contributed by atoms with Crippen LogP contribution in [0.1, 0.15) is 42.7 Å². The SMILES string of the molecule is Cc1ccc2nc(C(NS(=O)(=O)c3c(C)noc3C)C(C)C)[nH]c2c1. The number of nitrogens with one attached hydrogen (secondary N) is 2. The van der Waals surface area contributed by atoms with Crippen LogP contribution in [0.25, 0.3) is 11.0 Å². The molecule has 1 atom stereocenters. The number of aromatic amines is 1. The van der Waals surface area contributed by atoms with Gasteiger partial charge in [-0.3, -0.25) is 0 Å². The van der Waals surface area contributed by atoms with Gasteiger partial charge in [0.1, 0.15) is 16.4 Å². The number of H-pyrrole nitrogens is 1.